The summed E-state index contributed by atoms with van der Waals surface area (Å²) >= 11 is 0. The van der Waals surface area contributed by atoms with Crippen molar-refractivity contribution in [3.8, 4) is 0 Å². The Labute approximate surface area is 256 Å². The Morgan fingerprint density at radius 3 is 2.15 bits per heavy atom. The topological polar surface area (TPSA) is 47.6 Å². The monoisotopic (exact) mass is 590 g/mol. The summed E-state index contributed by atoms with van der Waals surface area (Å²) in [5.74, 6) is 0. The van der Waals surface area contributed by atoms with Crippen molar-refractivity contribution >= 4 is 47.9 Å². The fraction of sp³-hybridized carbons (Fsp3) is 0.485. The van der Waals surface area contributed by atoms with E-state index in [-0.39, 0.29) is 30.8 Å². The molecule has 0 saturated heterocycles. The lowest BCUT2D eigenvalue weighted by atomic mass is 10.1. The zero-order chi connectivity index (χ0) is 27.8. The Morgan fingerprint density at radius 2 is 1.50 bits per heavy atom. The lowest BCUT2D eigenvalue weighted by Gasteiger charge is -2.26. The molecule has 0 spiro atoms. The third kappa shape index (κ3) is 14.7. The zero-order valence-corrected chi connectivity index (χ0v) is 27.1. The number of nitrogens with zero attached hydrogens (tertiary/aromatic N) is 2. The van der Waals surface area contributed by atoms with Crippen molar-refractivity contribution in [2.75, 3.05) is 42.3 Å². The van der Waals surface area contributed by atoms with Gasteiger partial charge in [-0.2, -0.15) is 0 Å². The Bertz CT molecular complexity index is 1030. The summed E-state index contributed by atoms with van der Waals surface area (Å²) in [6, 6.07) is 16.7. The van der Waals surface area contributed by atoms with E-state index in [1.807, 2.05) is 18.2 Å². The lowest BCUT2D eigenvalue weighted by molar-refractivity contribution is 0.252. The highest BCUT2D eigenvalue weighted by Crippen LogP contribution is 2.25. The number of rotatable bonds is 16. The normalized spacial score (nSPS) is 10.6. The van der Waals surface area contributed by atoms with Crippen LogP contribution in [0.2, 0.25) is 0 Å². The van der Waals surface area contributed by atoms with Crippen molar-refractivity contribution in [3.63, 3.8) is 0 Å². The first kappa shape index (κ1) is 37.4. The number of carbonyl (C=O) groups is 1. The summed E-state index contributed by atoms with van der Waals surface area (Å²) in [5.41, 5.74) is 7.05. The number of unbranched alkanes of at least 4 members (excludes halogenated alkanes) is 4. The van der Waals surface area contributed by atoms with Gasteiger partial charge in [-0.3, -0.25) is 0 Å². The van der Waals surface area contributed by atoms with Crippen LogP contribution >= 0.6 is 24.8 Å². The fourth-order valence-electron chi connectivity index (χ4n) is 4.26. The average molecular weight is 592 g/mol. The van der Waals surface area contributed by atoms with Crippen molar-refractivity contribution < 1.29 is 4.79 Å². The zero-order valence-electron chi connectivity index (χ0n) is 25.5. The minimum absolute atomic E-state index is 0. The first-order valence-corrected chi connectivity index (χ1v) is 14.2. The minimum Gasteiger partial charge on any atom is -0.378 e. The molecule has 0 unspecified atom stereocenters. The Morgan fingerprint density at radius 1 is 0.850 bits per heavy atom. The quantitative estimate of drug-likeness (QED) is 0.151. The summed E-state index contributed by atoms with van der Waals surface area (Å²) in [4.78, 5) is 17.1. The predicted molar refractivity (Wildman–Crippen MR) is 181 cm³/mol. The van der Waals surface area contributed by atoms with Gasteiger partial charge in [0.2, 0.25) is 0 Å². The van der Waals surface area contributed by atoms with Gasteiger partial charge in [0, 0.05) is 50.8 Å². The maximum Gasteiger partial charge on any atom is 0.319 e. The molecule has 0 saturated carbocycles. The first-order valence-electron chi connectivity index (χ1n) is 14.2. The maximum atomic E-state index is 12.6. The van der Waals surface area contributed by atoms with E-state index in [2.05, 4.69) is 105 Å². The van der Waals surface area contributed by atoms with Gasteiger partial charge < -0.3 is 20.4 Å². The number of para-hydroxylation sites is 1. The van der Waals surface area contributed by atoms with E-state index in [0.29, 0.717) is 13.1 Å². The highest BCUT2D eigenvalue weighted by Gasteiger charge is 2.12. The van der Waals surface area contributed by atoms with Crippen LogP contribution < -0.4 is 20.4 Å². The van der Waals surface area contributed by atoms with E-state index < -0.39 is 0 Å². The average Bonchev–Trinajstić information content (AvgIpc) is 2.89. The highest BCUT2D eigenvalue weighted by molar-refractivity contribution is 5.90. The van der Waals surface area contributed by atoms with E-state index in [0.717, 1.165) is 49.2 Å². The molecule has 0 atom stereocenters. The molecule has 0 radical (unpaired) electrons. The number of amides is 2. The van der Waals surface area contributed by atoms with Crippen molar-refractivity contribution in [3.05, 3.63) is 77.4 Å². The van der Waals surface area contributed by atoms with Crippen LogP contribution in [0.5, 0.6) is 0 Å². The summed E-state index contributed by atoms with van der Waals surface area (Å²) in [6.45, 7) is 10.9. The first-order chi connectivity index (χ1) is 18.3. The fourth-order valence-corrected chi connectivity index (χ4v) is 4.26. The molecule has 2 N–H and O–H groups in total. The van der Waals surface area contributed by atoms with Gasteiger partial charge in [-0.1, -0.05) is 74.1 Å². The number of nitrogens with one attached hydrogen (secondary N) is 2. The molecule has 0 bridgehead atoms. The van der Waals surface area contributed by atoms with Crippen LogP contribution in [0.1, 0.15) is 78.2 Å². The van der Waals surface area contributed by atoms with E-state index in [1.54, 1.807) is 0 Å². The van der Waals surface area contributed by atoms with Gasteiger partial charge in [-0.05, 0) is 75.9 Å². The second-order valence-corrected chi connectivity index (χ2v) is 10.6. The second-order valence-electron chi connectivity index (χ2n) is 10.6. The van der Waals surface area contributed by atoms with E-state index in [4.69, 9.17) is 0 Å². The number of halogens is 2. The Hall–Kier alpha value is -2.63. The van der Waals surface area contributed by atoms with Crippen molar-refractivity contribution in [1.82, 2.24) is 5.32 Å². The third-order valence-corrected chi connectivity index (χ3v) is 6.68. The highest BCUT2D eigenvalue weighted by atomic mass is 35.5. The Balaban J connectivity index is 0.00000760. The molecular formula is C33H52Cl2N4O. The molecule has 2 amide bonds. The molecule has 2 rings (SSSR count). The summed E-state index contributed by atoms with van der Waals surface area (Å²) in [7, 11) is 4.12. The number of hydrogen-bond acceptors (Lipinski definition) is 3. The van der Waals surface area contributed by atoms with E-state index in [9.17, 15) is 4.79 Å². The van der Waals surface area contributed by atoms with Gasteiger partial charge >= 0.3 is 6.03 Å². The van der Waals surface area contributed by atoms with Crippen molar-refractivity contribution in [2.24, 2.45) is 0 Å². The van der Waals surface area contributed by atoms with Gasteiger partial charge in [0.05, 0.1) is 0 Å². The molecule has 224 valence electrons. The summed E-state index contributed by atoms with van der Waals surface area (Å²) in [6.07, 6.45) is 12.7. The van der Waals surface area contributed by atoms with Crippen LogP contribution in [0.3, 0.4) is 0 Å². The molecule has 0 aliphatic carbocycles. The standard InChI is InChI=1S/C33H50N4O.2ClH/c1-7-8-9-10-13-24-34-33(38)35-32-18-12-11-17-29(32)26-37(25-23-28(4)16-14-15-27(2)3)31-21-19-30(20-22-31)36(5)6;;/h11-12,15,17-23H,7-10,13-14,16,24-26H2,1-6H3,(H2,34,35,38);2*1H/b28-23+;;. The van der Waals surface area contributed by atoms with Crippen molar-refractivity contribution in [2.45, 2.75) is 79.2 Å². The predicted octanol–water partition coefficient (Wildman–Crippen LogP) is 9.39. The van der Waals surface area contributed by atoms with E-state index >= 15 is 0 Å². The number of carbonyl (C=O) groups excluding carboxylic acids is 1. The van der Waals surface area contributed by atoms with Gasteiger partial charge in [-0.15, -0.1) is 24.8 Å². The molecule has 0 aliphatic heterocycles. The van der Waals surface area contributed by atoms with Crippen LogP contribution in [-0.4, -0.2) is 33.2 Å². The molecule has 0 aromatic heterocycles. The summed E-state index contributed by atoms with van der Waals surface area (Å²) in [5, 5.41) is 6.11. The molecule has 40 heavy (non-hydrogen) atoms. The SMILES string of the molecule is CCCCCCCNC(=O)Nc1ccccc1CN(C/C=C(\C)CCC=C(C)C)c1ccc(N(C)C)cc1.Cl.Cl. The van der Waals surface area contributed by atoms with Crippen LogP contribution in [0, 0.1) is 0 Å². The van der Waals surface area contributed by atoms with Gasteiger partial charge in [-0.25, -0.2) is 4.79 Å². The molecule has 0 fully saturated rings. The van der Waals surface area contributed by atoms with Crippen LogP contribution in [0.15, 0.2) is 71.8 Å². The minimum atomic E-state index is -0.134. The molecule has 2 aromatic rings. The number of benzene rings is 2. The second kappa shape index (κ2) is 21.2. The molecule has 2 aromatic carbocycles. The number of hydrogen-bond donors (Lipinski definition) is 2. The maximum absolute atomic E-state index is 12.6. The van der Waals surface area contributed by atoms with Crippen LogP contribution in [0.25, 0.3) is 0 Å². The molecular weight excluding hydrogens is 539 g/mol. The molecule has 0 heterocycles. The number of urea groups is 1. The summed E-state index contributed by atoms with van der Waals surface area (Å²) < 4.78 is 0. The van der Waals surface area contributed by atoms with Gasteiger partial charge in [0.1, 0.15) is 0 Å². The number of anilines is 3. The largest absolute Gasteiger partial charge is 0.378 e. The third-order valence-electron chi connectivity index (χ3n) is 6.68. The van der Waals surface area contributed by atoms with E-state index in [1.165, 1.54) is 36.1 Å². The smallest absolute Gasteiger partial charge is 0.319 e. The lowest BCUT2D eigenvalue weighted by Crippen LogP contribution is -2.30. The molecule has 7 heteroatoms. The van der Waals surface area contributed by atoms with Crippen LogP contribution in [-0.2, 0) is 6.54 Å². The van der Waals surface area contributed by atoms with Crippen LogP contribution in [0.4, 0.5) is 21.9 Å². The van der Waals surface area contributed by atoms with Gasteiger partial charge in [0.15, 0.2) is 0 Å². The molecule has 5 nitrogen and oxygen atoms in total. The molecule has 0 aliphatic rings. The van der Waals surface area contributed by atoms with Crippen molar-refractivity contribution in [1.29, 1.82) is 0 Å². The van der Waals surface area contributed by atoms with Gasteiger partial charge in [0.25, 0.3) is 0 Å². The Kier molecular flexibility index (Phi) is 19.8. The number of allylic oxidation sites excluding steroid dienone is 3.